The van der Waals surface area contributed by atoms with Crippen molar-refractivity contribution in [3.8, 4) is 0 Å². The predicted octanol–water partition coefficient (Wildman–Crippen LogP) is -4.25. The number of aliphatic hydroxyl groups excluding tert-OH is 4. The van der Waals surface area contributed by atoms with Gasteiger partial charge in [0.05, 0.1) is 19.1 Å². The average Bonchev–Trinajstić information content (AvgIpc) is 3.08. The van der Waals surface area contributed by atoms with Crippen molar-refractivity contribution in [3.05, 3.63) is 0 Å². The molecule has 0 bridgehead atoms. The van der Waals surface area contributed by atoms with E-state index in [0.717, 1.165) is 11.8 Å². The Morgan fingerprint density at radius 1 is 1.00 bits per heavy atom. The number of aliphatic hydroxyl groups is 4. The molecule has 0 aromatic carbocycles. The van der Waals surface area contributed by atoms with Gasteiger partial charge in [0.2, 0.25) is 11.8 Å². The highest BCUT2D eigenvalue weighted by Crippen LogP contribution is 2.30. The molecule has 1 aliphatic heterocycles. The molecule has 0 aromatic heterocycles. The van der Waals surface area contributed by atoms with E-state index < -0.39 is 104 Å². The van der Waals surface area contributed by atoms with E-state index in [0.29, 0.717) is 0 Å². The van der Waals surface area contributed by atoms with Crippen LogP contribution in [0.15, 0.2) is 0 Å². The molecule has 10 N–H and O–H groups in total. The molecule has 0 aromatic rings. The Labute approximate surface area is 215 Å². The first-order valence-corrected chi connectivity index (χ1v) is 12.3. The van der Waals surface area contributed by atoms with Crippen LogP contribution in [0.25, 0.3) is 0 Å². The summed E-state index contributed by atoms with van der Waals surface area (Å²) in [5.74, 6) is -6.27. The Morgan fingerprint density at radius 3 is 2.14 bits per heavy atom. The van der Waals surface area contributed by atoms with E-state index in [2.05, 4.69) is 16.0 Å². The minimum atomic E-state index is -2.14. The average molecular weight is 556 g/mol. The lowest BCUT2D eigenvalue weighted by Crippen LogP contribution is -2.62. The van der Waals surface area contributed by atoms with E-state index in [-0.39, 0.29) is 11.5 Å². The van der Waals surface area contributed by atoms with Gasteiger partial charge in [-0.15, -0.1) is 0 Å². The molecule has 1 fully saturated rings. The molecule has 1 saturated heterocycles. The zero-order valence-electron chi connectivity index (χ0n) is 19.9. The summed E-state index contributed by atoms with van der Waals surface area (Å²) in [4.78, 5) is 58.3. The summed E-state index contributed by atoms with van der Waals surface area (Å²) in [6.07, 6.45) is -5.65. The lowest BCUT2D eigenvalue weighted by atomic mass is 10.0. The largest absolute Gasteiger partial charge is 0.481 e. The number of ether oxygens (including phenoxy) is 1. The molecule has 2 amide bonds. The molecule has 0 spiro atoms. The van der Waals surface area contributed by atoms with Gasteiger partial charge in [-0.25, -0.2) is 0 Å². The zero-order chi connectivity index (χ0) is 28.3. The lowest BCUT2D eigenvalue weighted by Gasteiger charge is -2.34. The number of hydrogen-bond acceptors (Lipinski definition) is 12. The van der Waals surface area contributed by atoms with Crippen molar-refractivity contribution in [1.82, 2.24) is 16.0 Å². The Morgan fingerprint density at radius 2 is 1.65 bits per heavy atom. The van der Waals surface area contributed by atoms with Crippen LogP contribution in [0.3, 0.4) is 0 Å². The fourth-order valence-corrected chi connectivity index (χ4v) is 4.43. The van der Waals surface area contributed by atoms with Crippen molar-refractivity contribution in [2.45, 2.75) is 55.9 Å². The first-order chi connectivity index (χ1) is 17.3. The number of carboxylic acid groups (broad SMARTS) is 3. The molecule has 212 valence electrons. The van der Waals surface area contributed by atoms with E-state index in [9.17, 15) is 49.5 Å². The van der Waals surface area contributed by atoms with E-state index in [1.54, 1.807) is 0 Å². The highest BCUT2D eigenvalue weighted by Gasteiger charge is 2.55. The third-order valence-electron chi connectivity index (χ3n) is 5.47. The highest BCUT2D eigenvalue weighted by atomic mass is 32.2. The van der Waals surface area contributed by atoms with Crippen LogP contribution < -0.4 is 16.0 Å². The van der Waals surface area contributed by atoms with Crippen LogP contribution in [0.4, 0.5) is 0 Å². The summed E-state index contributed by atoms with van der Waals surface area (Å²) in [5, 5.41) is 73.2. The fraction of sp³-hybridized carbons (Fsp3) is 0.750. The second kappa shape index (κ2) is 15.0. The maximum Gasteiger partial charge on any atom is 0.322 e. The molecule has 37 heavy (non-hydrogen) atoms. The minimum Gasteiger partial charge on any atom is -0.481 e. The number of thioether (sulfide) groups is 1. The van der Waals surface area contributed by atoms with Crippen molar-refractivity contribution in [2.24, 2.45) is 5.92 Å². The van der Waals surface area contributed by atoms with Gasteiger partial charge in [0.15, 0.2) is 5.72 Å². The number of carboxylic acids is 3. The number of rotatable bonds is 17. The summed E-state index contributed by atoms with van der Waals surface area (Å²) in [7, 11) is 0. The monoisotopic (exact) mass is 555 g/mol. The quantitative estimate of drug-likeness (QED) is 0.0814. The van der Waals surface area contributed by atoms with Crippen molar-refractivity contribution in [3.63, 3.8) is 0 Å². The third kappa shape index (κ3) is 9.69. The SMILES string of the molecule is CC(CSC[C@H](NC(=O)CC[C@H](NC1(CO)O[C@H](CO)[C@@H](O)[C@@H]1O)C(=O)O)C(=O)NCC(=O)O)C(=O)O. The van der Waals surface area contributed by atoms with Gasteiger partial charge in [0.1, 0.15) is 36.9 Å². The van der Waals surface area contributed by atoms with Gasteiger partial charge in [0.25, 0.3) is 0 Å². The van der Waals surface area contributed by atoms with Gasteiger partial charge in [-0.2, -0.15) is 11.8 Å². The number of carbonyl (C=O) groups is 5. The molecule has 17 heteroatoms. The van der Waals surface area contributed by atoms with E-state index in [4.69, 9.17) is 14.9 Å². The first kappa shape index (κ1) is 32.5. The van der Waals surface area contributed by atoms with Gasteiger partial charge in [-0.1, -0.05) is 6.92 Å². The molecular weight excluding hydrogens is 522 g/mol. The number of nitrogens with one attached hydrogen (secondary N) is 3. The van der Waals surface area contributed by atoms with Gasteiger partial charge in [0, 0.05) is 17.9 Å². The number of amides is 2. The Bertz CT molecular complexity index is 831. The molecular formula is C20H33N3O13S. The van der Waals surface area contributed by atoms with Crippen LogP contribution in [0.1, 0.15) is 19.8 Å². The van der Waals surface area contributed by atoms with Crippen LogP contribution in [-0.2, 0) is 28.7 Å². The third-order valence-corrected chi connectivity index (χ3v) is 6.78. The summed E-state index contributed by atoms with van der Waals surface area (Å²) in [6, 6.07) is -2.83. The van der Waals surface area contributed by atoms with Crippen molar-refractivity contribution in [2.75, 3.05) is 31.3 Å². The van der Waals surface area contributed by atoms with Crippen LogP contribution in [-0.4, -0.2) is 133 Å². The van der Waals surface area contributed by atoms with Crippen LogP contribution in [0.5, 0.6) is 0 Å². The summed E-state index contributed by atoms with van der Waals surface area (Å²) < 4.78 is 5.26. The molecule has 7 atom stereocenters. The number of carbonyl (C=O) groups excluding carboxylic acids is 2. The molecule has 0 aliphatic carbocycles. The molecule has 2 unspecified atom stereocenters. The normalized spacial score (nSPS) is 25.6. The first-order valence-electron chi connectivity index (χ1n) is 11.1. The van der Waals surface area contributed by atoms with E-state index >= 15 is 0 Å². The number of aliphatic carboxylic acids is 3. The summed E-state index contributed by atoms with van der Waals surface area (Å²) in [5.41, 5.74) is -2.14. The molecule has 16 nitrogen and oxygen atoms in total. The predicted molar refractivity (Wildman–Crippen MR) is 124 cm³/mol. The Kier molecular flexibility index (Phi) is 13.2. The van der Waals surface area contributed by atoms with Crippen molar-refractivity contribution in [1.29, 1.82) is 0 Å². The van der Waals surface area contributed by atoms with E-state index in [1.807, 2.05) is 0 Å². The second-order valence-electron chi connectivity index (χ2n) is 8.40. The highest BCUT2D eigenvalue weighted by molar-refractivity contribution is 7.99. The van der Waals surface area contributed by atoms with Crippen molar-refractivity contribution < 1.29 is 64.5 Å². The van der Waals surface area contributed by atoms with Gasteiger partial charge < -0.3 is 51.1 Å². The van der Waals surface area contributed by atoms with Gasteiger partial charge in [-0.05, 0) is 6.42 Å². The Hall–Kier alpha value is -2.54. The summed E-state index contributed by atoms with van der Waals surface area (Å²) >= 11 is 1.03. The van der Waals surface area contributed by atoms with Crippen LogP contribution >= 0.6 is 11.8 Å². The van der Waals surface area contributed by atoms with Gasteiger partial charge in [-0.3, -0.25) is 29.3 Å². The van der Waals surface area contributed by atoms with Crippen LogP contribution in [0, 0.1) is 5.92 Å². The standard InChI is InChI=1S/C20H33N3O13S/c1-9(18(32)33)6-37-7-11(17(31)21-4-14(27)28)22-13(26)3-2-10(19(34)35)23-20(8-25)16(30)15(29)12(5-24)36-20/h9-12,15-16,23-25,29-30H,2-8H2,1H3,(H,21,31)(H,22,26)(H,27,28)(H,32,33)(H,34,35)/t9?,10-,11-,12+,15+,16-,20?/m0/s1. The maximum atomic E-state index is 12.5. The summed E-state index contributed by atoms with van der Waals surface area (Å²) in [6.45, 7) is -0.983. The maximum absolute atomic E-state index is 12.5. The topological polar surface area (TPSA) is 272 Å². The van der Waals surface area contributed by atoms with Gasteiger partial charge >= 0.3 is 17.9 Å². The smallest absolute Gasteiger partial charge is 0.322 e. The fourth-order valence-electron chi connectivity index (χ4n) is 3.33. The molecule has 0 radical (unpaired) electrons. The molecule has 1 aliphatic rings. The second-order valence-corrected chi connectivity index (χ2v) is 9.48. The Balaban J connectivity index is 2.83. The van der Waals surface area contributed by atoms with E-state index in [1.165, 1.54) is 6.92 Å². The lowest BCUT2D eigenvalue weighted by molar-refractivity contribution is -0.159. The van der Waals surface area contributed by atoms with Crippen molar-refractivity contribution >= 4 is 41.5 Å². The molecule has 1 heterocycles. The molecule has 1 rings (SSSR count). The zero-order valence-corrected chi connectivity index (χ0v) is 20.7. The number of hydrogen-bond donors (Lipinski definition) is 10. The van der Waals surface area contributed by atoms with Crippen LogP contribution in [0.2, 0.25) is 0 Å². The molecule has 0 saturated carbocycles. The minimum absolute atomic E-state index is 0.0937.